The van der Waals surface area contributed by atoms with E-state index in [0.717, 1.165) is 19.1 Å². The van der Waals surface area contributed by atoms with Crippen molar-refractivity contribution < 1.29 is 17.9 Å². The van der Waals surface area contributed by atoms with Gasteiger partial charge >= 0.3 is 6.18 Å². The first-order chi connectivity index (χ1) is 10.9. The molecule has 0 amide bonds. The quantitative estimate of drug-likeness (QED) is 0.562. The summed E-state index contributed by atoms with van der Waals surface area (Å²) in [5.74, 6) is -0.499. The van der Waals surface area contributed by atoms with Gasteiger partial charge in [0.25, 0.3) is 0 Å². The van der Waals surface area contributed by atoms with Crippen molar-refractivity contribution >= 4 is 23.6 Å². The smallest absolute Gasteiger partial charge is 0.386 e. The van der Waals surface area contributed by atoms with Crippen molar-refractivity contribution in [3.8, 4) is 0 Å². The van der Waals surface area contributed by atoms with Crippen molar-refractivity contribution in [3.63, 3.8) is 0 Å². The van der Waals surface area contributed by atoms with Crippen molar-refractivity contribution in [2.75, 3.05) is 18.5 Å². The second-order valence-electron chi connectivity index (χ2n) is 4.82. The predicted octanol–water partition coefficient (Wildman–Crippen LogP) is 2.82. The monoisotopic (exact) mass is 349 g/mol. The first-order valence-electron chi connectivity index (χ1n) is 6.81. The van der Waals surface area contributed by atoms with Crippen molar-refractivity contribution in [1.82, 2.24) is 15.3 Å². The first-order valence-corrected chi connectivity index (χ1v) is 7.19. The summed E-state index contributed by atoms with van der Waals surface area (Å²) in [6.45, 7) is 1.25. The summed E-state index contributed by atoms with van der Waals surface area (Å²) in [6.07, 6.45) is -0.120. The SMILES string of the molecule is N=C/C(=C\NC1CCOCC1)Nc1nc(Cl)ncc1C(F)(F)F. The molecule has 0 aliphatic carbocycles. The van der Waals surface area contributed by atoms with Crippen LogP contribution in [0.4, 0.5) is 19.0 Å². The molecule has 0 saturated carbocycles. The fraction of sp³-hybridized carbons (Fsp3) is 0.462. The van der Waals surface area contributed by atoms with Crippen LogP contribution in [0.1, 0.15) is 18.4 Å². The van der Waals surface area contributed by atoms with Crippen molar-refractivity contribution in [1.29, 1.82) is 5.41 Å². The van der Waals surface area contributed by atoms with Crippen LogP contribution in [0.5, 0.6) is 0 Å². The maximum atomic E-state index is 12.9. The lowest BCUT2D eigenvalue weighted by Gasteiger charge is -2.22. The molecule has 0 aromatic carbocycles. The van der Waals surface area contributed by atoms with Crippen LogP contribution in [0.15, 0.2) is 18.1 Å². The molecular weight excluding hydrogens is 335 g/mol. The largest absolute Gasteiger partial charge is 0.421 e. The summed E-state index contributed by atoms with van der Waals surface area (Å²) >= 11 is 5.56. The van der Waals surface area contributed by atoms with Gasteiger partial charge in [0.1, 0.15) is 11.4 Å². The van der Waals surface area contributed by atoms with Gasteiger partial charge in [-0.05, 0) is 24.4 Å². The van der Waals surface area contributed by atoms with Gasteiger partial charge in [-0.15, -0.1) is 0 Å². The van der Waals surface area contributed by atoms with Crippen molar-refractivity contribution in [2.45, 2.75) is 25.1 Å². The van der Waals surface area contributed by atoms with Gasteiger partial charge in [0.2, 0.25) is 5.28 Å². The van der Waals surface area contributed by atoms with Crippen LogP contribution in [-0.2, 0) is 10.9 Å². The van der Waals surface area contributed by atoms with Crippen LogP contribution >= 0.6 is 11.6 Å². The summed E-state index contributed by atoms with van der Waals surface area (Å²) in [5.41, 5.74) is -0.933. The molecule has 1 saturated heterocycles. The summed E-state index contributed by atoms with van der Waals surface area (Å²) < 4.78 is 44.0. The van der Waals surface area contributed by atoms with E-state index in [4.69, 9.17) is 21.7 Å². The second-order valence-corrected chi connectivity index (χ2v) is 5.16. The van der Waals surface area contributed by atoms with Gasteiger partial charge in [0.05, 0.1) is 5.70 Å². The molecule has 1 aromatic heterocycles. The molecule has 10 heteroatoms. The Balaban J connectivity index is 2.14. The van der Waals surface area contributed by atoms with Crippen molar-refractivity contribution in [2.24, 2.45) is 0 Å². The van der Waals surface area contributed by atoms with E-state index in [1.807, 2.05) is 0 Å². The topological polar surface area (TPSA) is 82.9 Å². The lowest BCUT2D eigenvalue weighted by atomic mass is 10.1. The highest BCUT2D eigenvalue weighted by Crippen LogP contribution is 2.34. The van der Waals surface area contributed by atoms with Gasteiger partial charge in [-0.1, -0.05) is 0 Å². The molecule has 2 rings (SSSR count). The van der Waals surface area contributed by atoms with E-state index in [9.17, 15) is 13.2 Å². The molecule has 23 heavy (non-hydrogen) atoms. The number of allylic oxidation sites excluding steroid dienone is 1. The molecule has 126 valence electrons. The fourth-order valence-corrected chi connectivity index (χ4v) is 2.12. The normalized spacial score (nSPS) is 17.0. The molecule has 1 aromatic rings. The van der Waals surface area contributed by atoms with Crippen LogP contribution in [0, 0.1) is 5.41 Å². The minimum Gasteiger partial charge on any atom is -0.386 e. The molecule has 2 heterocycles. The molecule has 3 N–H and O–H groups in total. The highest BCUT2D eigenvalue weighted by molar-refractivity contribution is 6.28. The molecule has 1 aliphatic rings. The molecule has 0 bridgehead atoms. The zero-order valence-corrected chi connectivity index (χ0v) is 12.7. The third-order valence-corrected chi connectivity index (χ3v) is 3.36. The van der Waals surface area contributed by atoms with Gasteiger partial charge in [0, 0.05) is 37.9 Å². The zero-order valence-electron chi connectivity index (χ0n) is 12.0. The van der Waals surface area contributed by atoms with Gasteiger partial charge in [-0.3, -0.25) is 0 Å². The minimum atomic E-state index is -4.63. The number of aromatic nitrogens is 2. The summed E-state index contributed by atoms with van der Waals surface area (Å²) in [7, 11) is 0. The maximum absolute atomic E-state index is 12.9. The summed E-state index contributed by atoms with van der Waals surface area (Å²) in [4.78, 5) is 6.90. The minimum absolute atomic E-state index is 0.122. The van der Waals surface area contributed by atoms with Gasteiger partial charge < -0.3 is 20.8 Å². The first kappa shape index (κ1) is 17.5. The molecule has 0 atom stereocenters. The average molecular weight is 350 g/mol. The van der Waals surface area contributed by atoms with Crippen molar-refractivity contribution in [3.05, 3.63) is 28.9 Å². The number of ether oxygens (including phenoxy) is 1. The number of hydrogen-bond acceptors (Lipinski definition) is 6. The van der Waals surface area contributed by atoms with Crippen LogP contribution in [-0.4, -0.2) is 35.4 Å². The number of alkyl halides is 3. The van der Waals surface area contributed by atoms with Crippen LogP contribution in [0.3, 0.4) is 0 Å². The van der Waals surface area contributed by atoms with Crippen LogP contribution in [0.25, 0.3) is 0 Å². The maximum Gasteiger partial charge on any atom is 0.421 e. The van der Waals surface area contributed by atoms with E-state index in [1.54, 1.807) is 0 Å². The number of hydrogen-bond donors (Lipinski definition) is 3. The third-order valence-electron chi connectivity index (χ3n) is 3.18. The number of anilines is 1. The Hall–Kier alpha value is -1.87. The number of rotatable bonds is 5. The van der Waals surface area contributed by atoms with E-state index in [1.165, 1.54) is 6.20 Å². The standard InChI is InChI=1S/C13H15ClF3N5O/c14-12-20-7-10(13(15,16)17)11(22-12)21-9(5-18)6-19-8-1-3-23-4-2-8/h5-8,18-19H,1-4H2,(H,20,21,22)/b9-6+,18-5?. The highest BCUT2D eigenvalue weighted by Gasteiger charge is 2.35. The van der Waals surface area contributed by atoms with Gasteiger partial charge in [-0.2, -0.15) is 18.2 Å². The van der Waals surface area contributed by atoms with Gasteiger partial charge in [-0.25, -0.2) is 4.98 Å². The van der Waals surface area contributed by atoms with E-state index >= 15 is 0 Å². The van der Waals surface area contributed by atoms with E-state index in [-0.39, 0.29) is 17.0 Å². The lowest BCUT2D eigenvalue weighted by Crippen LogP contribution is -2.32. The molecule has 0 unspecified atom stereocenters. The molecule has 6 nitrogen and oxygen atoms in total. The third kappa shape index (κ3) is 5.07. The van der Waals surface area contributed by atoms with E-state index < -0.39 is 17.6 Å². The Morgan fingerprint density at radius 3 is 2.70 bits per heavy atom. The number of nitrogens with zero attached hydrogens (tertiary/aromatic N) is 2. The van der Waals surface area contributed by atoms with E-state index in [2.05, 4.69) is 20.6 Å². The number of nitrogens with one attached hydrogen (secondary N) is 3. The predicted molar refractivity (Wildman–Crippen MR) is 79.5 cm³/mol. The molecule has 0 spiro atoms. The Labute approximate surface area is 135 Å². The Bertz CT molecular complexity index is 587. The Morgan fingerprint density at radius 1 is 1.39 bits per heavy atom. The lowest BCUT2D eigenvalue weighted by molar-refractivity contribution is -0.137. The molecule has 1 fully saturated rings. The Kier molecular flexibility index (Phi) is 5.78. The van der Waals surface area contributed by atoms with Gasteiger partial charge in [0.15, 0.2) is 0 Å². The second kappa shape index (κ2) is 7.60. The number of halogens is 4. The van der Waals surface area contributed by atoms with Crippen LogP contribution < -0.4 is 10.6 Å². The Morgan fingerprint density at radius 2 is 2.09 bits per heavy atom. The van der Waals surface area contributed by atoms with E-state index in [0.29, 0.717) is 19.4 Å². The summed E-state index contributed by atoms with van der Waals surface area (Å²) in [5, 5.41) is 12.5. The summed E-state index contributed by atoms with van der Waals surface area (Å²) in [6, 6.07) is 0.150. The molecule has 0 radical (unpaired) electrons. The highest BCUT2D eigenvalue weighted by atomic mass is 35.5. The molecule has 1 aliphatic heterocycles. The molecular formula is C13H15ClF3N5O. The van der Waals surface area contributed by atoms with Crippen LogP contribution in [0.2, 0.25) is 5.28 Å². The average Bonchev–Trinajstić information content (AvgIpc) is 2.51. The zero-order chi connectivity index (χ0) is 16.9. The fourth-order valence-electron chi connectivity index (χ4n) is 1.99.